The second-order valence-electron chi connectivity index (χ2n) is 6.55. The summed E-state index contributed by atoms with van der Waals surface area (Å²) in [6.07, 6.45) is 4.14. The number of nitrogens with one attached hydrogen (secondary N) is 1. The third kappa shape index (κ3) is 3.22. The summed E-state index contributed by atoms with van der Waals surface area (Å²) in [4.78, 5) is 7.33. The van der Waals surface area contributed by atoms with E-state index in [1.165, 1.54) is 24.8 Å². The summed E-state index contributed by atoms with van der Waals surface area (Å²) in [7, 11) is 0. The van der Waals surface area contributed by atoms with E-state index in [4.69, 9.17) is 9.72 Å². The average Bonchev–Trinajstić information content (AvgIpc) is 2.94. The number of hydrogen-bond donors (Lipinski definition) is 1. The maximum atomic E-state index is 5.89. The zero-order chi connectivity index (χ0) is 14.8. The predicted molar refractivity (Wildman–Crippen MR) is 85.7 cm³/mol. The Morgan fingerprint density at radius 3 is 3.00 bits per heavy atom. The highest BCUT2D eigenvalue weighted by Gasteiger charge is 2.36. The van der Waals surface area contributed by atoms with Gasteiger partial charge in [-0.3, -0.25) is 0 Å². The van der Waals surface area contributed by atoms with Gasteiger partial charge in [0.2, 0.25) is 0 Å². The number of pyridine rings is 1. The zero-order valence-electron chi connectivity index (χ0n) is 13.4. The average molecular weight is 289 g/mol. The molecule has 2 heterocycles. The third-order valence-corrected chi connectivity index (χ3v) is 4.66. The molecule has 2 aliphatic rings. The first kappa shape index (κ1) is 14.8. The fourth-order valence-corrected chi connectivity index (χ4v) is 3.45. The molecular formula is C17H27N3O. The number of rotatable bonds is 4. The van der Waals surface area contributed by atoms with Crippen molar-refractivity contribution in [1.29, 1.82) is 0 Å². The molecule has 1 aliphatic carbocycles. The van der Waals surface area contributed by atoms with Gasteiger partial charge < -0.3 is 15.0 Å². The lowest BCUT2D eigenvalue weighted by atomic mass is 10.1. The maximum absolute atomic E-state index is 5.89. The third-order valence-electron chi connectivity index (χ3n) is 4.66. The molecule has 4 nitrogen and oxygen atoms in total. The Kier molecular flexibility index (Phi) is 4.45. The van der Waals surface area contributed by atoms with Gasteiger partial charge in [-0.15, -0.1) is 0 Å². The number of hydrogen-bond acceptors (Lipinski definition) is 4. The van der Waals surface area contributed by atoms with Crippen LogP contribution in [0.5, 0.6) is 0 Å². The fourth-order valence-electron chi connectivity index (χ4n) is 3.45. The lowest BCUT2D eigenvalue weighted by Gasteiger charge is -2.38. The molecule has 0 bridgehead atoms. The molecule has 1 N–H and O–H groups in total. The van der Waals surface area contributed by atoms with Crippen LogP contribution in [0.2, 0.25) is 0 Å². The van der Waals surface area contributed by atoms with E-state index in [0.29, 0.717) is 18.2 Å². The molecule has 2 unspecified atom stereocenters. The highest BCUT2D eigenvalue weighted by atomic mass is 16.5. The van der Waals surface area contributed by atoms with Crippen LogP contribution in [0, 0.1) is 6.92 Å². The Hall–Kier alpha value is -1.13. The SMILES string of the molecule is Cc1nc(N2CCOC3CCCC32)ccc1CNC(C)C. The molecular weight excluding hydrogens is 262 g/mol. The Balaban J connectivity index is 1.75. The standard InChI is InChI=1S/C17H27N3O/c1-12(2)18-11-14-7-8-17(19-13(14)3)20-9-10-21-16-6-4-5-15(16)20/h7-8,12,15-16,18H,4-6,9-11H2,1-3H3. The van der Waals surface area contributed by atoms with E-state index in [1.54, 1.807) is 0 Å². The van der Waals surface area contributed by atoms with Crippen LogP contribution >= 0.6 is 0 Å². The molecule has 1 aromatic heterocycles. The summed E-state index contributed by atoms with van der Waals surface area (Å²) in [6, 6.07) is 5.45. The molecule has 0 amide bonds. The van der Waals surface area contributed by atoms with Crippen molar-refractivity contribution in [3.8, 4) is 0 Å². The first-order chi connectivity index (χ1) is 10.1. The zero-order valence-corrected chi connectivity index (χ0v) is 13.4. The van der Waals surface area contributed by atoms with Crippen molar-refractivity contribution in [1.82, 2.24) is 10.3 Å². The molecule has 21 heavy (non-hydrogen) atoms. The van der Waals surface area contributed by atoms with Crippen LogP contribution in [0.3, 0.4) is 0 Å². The van der Waals surface area contributed by atoms with Crippen LogP contribution in [0.25, 0.3) is 0 Å². The van der Waals surface area contributed by atoms with Crippen molar-refractivity contribution >= 4 is 5.82 Å². The molecule has 1 saturated heterocycles. The molecule has 0 radical (unpaired) electrons. The molecule has 1 aromatic rings. The number of ether oxygens (including phenoxy) is 1. The van der Waals surface area contributed by atoms with Crippen LogP contribution in [0.4, 0.5) is 5.82 Å². The molecule has 2 fully saturated rings. The second kappa shape index (κ2) is 6.32. The molecule has 3 rings (SSSR count). The van der Waals surface area contributed by atoms with E-state index in [9.17, 15) is 0 Å². The molecule has 0 aromatic carbocycles. The number of fused-ring (bicyclic) bond motifs is 1. The van der Waals surface area contributed by atoms with Gasteiger partial charge >= 0.3 is 0 Å². The molecule has 4 heteroatoms. The van der Waals surface area contributed by atoms with E-state index in [0.717, 1.165) is 31.2 Å². The van der Waals surface area contributed by atoms with Crippen molar-refractivity contribution in [2.75, 3.05) is 18.1 Å². The van der Waals surface area contributed by atoms with E-state index in [-0.39, 0.29) is 0 Å². The monoisotopic (exact) mass is 289 g/mol. The van der Waals surface area contributed by atoms with Crippen LogP contribution in [0.1, 0.15) is 44.4 Å². The topological polar surface area (TPSA) is 37.4 Å². The minimum absolute atomic E-state index is 0.420. The quantitative estimate of drug-likeness (QED) is 0.924. The Morgan fingerprint density at radius 2 is 2.24 bits per heavy atom. The van der Waals surface area contributed by atoms with Crippen LogP contribution < -0.4 is 10.2 Å². The summed E-state index contributed by atoms with van der Waals surface area (Å²) >= 11 is 0. The number of anilines is 1. The summed E-state index contributed by atoms with van der Waals surface area (Å²) in [5.74, 6) is 1.13. The molecule has 1 aliphatic heterocycles. The van der Waals surface area contributed by atoms with Crippen LogP contribution in [-0.2, 0) is 11.3 Å². The normalized spacial score (nSPS) is 25.4. The van der Waals surface area contributed by atoms with Crippen LogP contribution in [0.15, 0.2) is 12.1 Å². The van der Waals surface area contributed by atoms with Crippen LogP contribution in [-0.4, -0.2) is 36.3 Å². The van der Waals surface area contributed by atoms with Gasteiger partial charge in [0.25, 0.3) is 0 Å². The first-order valence-corrected chi connectivity index (χ1v) is 8.23. The Morgan fingerprint density at radius 1 is 1.38 bits per heavy atom. The van der Waals surface area contributed by atoms with Gasteiger partial charge in [0, 0.05) is 24.8 Å². The van der Waals surface area contributed by atoms with Gasteiger partial charge in [-0.1, -0.05) is 19.9 Å². The Bertz CT molecular complexity index is 489. The smallest absolute Gasteiger partial charge is 0.129 e. The lowest BCUT2D eigenvalue weighted by Crippen LogP contribution is -2.49. The van der Waals surface area contributed by atoms with Gasteiger partial charge in [0.05, 0.1) is 18.8 Å². The summed E-state index contributed by atoms with van der Waals surface area (Å²) in [5.41, 5.74) is 2.44. The van der Waals surface area contributed by atoms with E-state index in [1.807, 2.05) is 0 Å². The van der Waals surface area contributed by atoms with E-state index < -0.39 is 0 Å². The Labute approximate surface area is 127 Å². The van der Waals surface area contributed by atoms with E-state index in [2.05, 4.69) is 43.1 Å². The van der Waals surface area contributed by atoms with Gasteiger partial charge in [-0.25, -0.2) is 4.98 Å². The van der Waals surface area contributed by atoms with Crippen molar-refractivity contribution < 1.29 is 4.74 Å². The maximum Gasteiger partial charge on any atom is 0.129 e. The van der Waals surface area contributed by atoms with Gasteiger partial charge in [0.15, 0.2) is 0 Å². The van der Waals surface area contributed by atoms with Crippen molar-refractivity contribution in [3.63, 3.8) is 0 Å². The molecule has 2 atom stereocenters. The second-order valence-corrected chi connectivity index (χ2v) is 6.55. The number of aryl methyl sites for hydroxylation is 1. The van der Waals surface area contributed by atoms with Crippen molar-refractivity contribution in [3.05, 3.63) is 23.4 Å². The van der Waals surface area contributed by atoms with E-state index >= 15 is 0 Å². The fraction of sp³-hybridized carbons (Fsp3) is 0.706. The van der Waals surface area contributed by atoms with Crippen molar-refractivity contribution in [2.24, 2.45) is 0 Å². The number of morpholine rings is 1. The number of nitrogens with zero attached hydrogens (tertiary/aromatic N) is 2. The highest BCUT2D eigenvalue weighted by Crippen LogP contribution is 2.32. The predicted octanol–water partition coefficient (Wildman–Crippen LogP) is 2.65. The highest BCUT2D eigenvalue weighted by molar-refractivity contribution is 5.44. The largest absolute Gasteiger partial charge is 0.374 e. The molecule has 1 saturated carbocycles. The van der Waals surface area contributed by atoms with Gasteiger partial charge in [0.1, 0.15) is 5.82 Å². The minimum Gasteiger partial charge on any atom is -0.374 e. The summed E-state index contributed by atoms with van der Waals surface area (Å²) in [6.45, 7) is 9.16. The van der Waals surface area contributed by atoms with Gasteiger partial charge in [-0.2, -0.15) is 0 Å². The number of aromatic nitrogens is 1. The molecule has 0 spiro atoms. The summed E-state index contributed by atoms with van der Waals surface area (Å²) in [5, 5.41) is 3.47. The van der Waals surface area contributed by atoms with Gasteiger partial charge in [-0.05, 0) is 37.8 Å². The minimum atomic E-state index is 0.420. The first-order valence-electron chi connectivity index (χ1n) is 8.23. The van der Waals surface area contributed by atoms with Crippen molar-refractivity contribution in [2.45, 2.75) is 64.8 Å². The summed E-state index contributed by atoms with van der Waals surface area (Å²) < 4.78 is 5.89. The lowest BCUT2D eigenvalue weighted by molar-refractivity contribution is 0.0253. The molecule has 116 valence electrons.